The molecule has 8 aliphatic carbocycles. The van der Waals surface area contributed by atoms with E-state index >= 15 is 0 Å². The van der Waals surface area contributed by atoms with Crippen molar-refractivity contribution in [1.82, 2.24) is 9.13 Å². The lowest BCUT2D eigenvalue weighted by Crippen LogP contribution is -2.67. The van der Waals surface area contributed by atoms with E-state index in [-0.39, 0.29) is 90.1 Å². The summed E-state index contributed by atoms with van der Waals surface area (Å²) in [6.07, 6.45) is 15.9. The van der Waals surface area contributed by atoms with E-state index in [1.165, 1.54) is 65.4 Å². The zero-order chi connectivity index (χ0) is 70.1. The third kappa shape index (κ3) is 7.33. The van der Waals surface area contributed by atoms with Crippen LogP contribution in [0, 0.1) is 68.0 Å². The molecule has 18 unspecified atom stereocenters. The Kier molecular flexibility index (Phi) is 12.7. The van der Waals surface area contributed by atoms with E-state index in [9.17, 15) is 19.8 Å². The largest absolute Gasteiger partial charge is 0.388 e. The number of Topliss-reactive ketones (excluding diaryl/α,β-unsaturated/α-hetero) is 2. The Balaban J connectivity index is 0.000000146. The van der Waals surface area contributed by atoms with Gasteiger partial charge in [-0.1, -0.05) is 93.5 Å². The van der Waals surface area contributed by atoms with Crippen LogP contribution in [0.4, 0.5) is 0 Å². The first-order valence-electron chi connectivity index (χ1n) is 38.0. The molecular formula is C87H116N2O8. The first-order chi connectivity index (χ1) is 44.6. The van der Waals surface area contributed by atoms with E-state index in [0.29, 0.717) is 23.7 Å². The van der Waals surface area contributed by atoms with Crippen molar-refractivity contribution in [2.75, 3.05) is 0 Å². The second-order valence-corrected chi connectivity index (χ2v) is 40.6. The molecule has 2 aromatic carbocycles. The van der Waals surface area contributed by atoms with Crippen LogP contribution in [0.25, 0.3) is 33.0 Å². The highest BCUT2D eigenvalue weighted by Crippen LogP contribution is 2.78. The summed E-state index contributed by atoms with van der Waals surface area (Å²) < 4.78 is 32.1. The fraction of sp³-hybridized carbons (Fsp3) is 0.701. The molecule has 2 N–H and O–H groups in total. The molecule has 97 heavy (non-hydrogen) atoms. The molecule has 6 fully saturated rings. The van der Waals surface area contributed by atoms with Crippen LogP contribution in [-0.4, -0.2) is 76.7 Å². The standard InChI is InChI=1S/C44H59NO4.C43H57NO4/c1-22(2)33-36(47)31-30-24(27-20-39(5,6)49-40(7,8)32(27)35(30)46)19-25-26-18-23-14-15-28-42(11)21-38(3,4)41(9,10)48-29(42)16-17-43(28,12)44(23,13)37(26)45(33)34(25)31;1-21(2)32-35(46)30-29-23(26-20-37(3,4)48-38(5,6)31(26)34(29)45)19-24-25-18-22-14-15-27-41(11,42(22,12)36(25)44(32)33(24)30)17-16-28-43(27,13)39(7,8)40(9,10)47-28/h19-20,23,28-29,32-33,35,46H,1,14-18,21H2,2-13H3;19-20,22,27-28,31-32,34,45H,1,14-18H2,2-13H3. The van der Waals surface area contributed by atoms with E-state index in [1.54, 1.807) is 0 Å². The summed E-state index contributed by atoms with van der Waals surface area (Å²) >= 11 is 0. The van der Waals surface area contributed by atoms with Gasteiger partial charge in [0.05, 0.1) is 80.2 Å². The van der Waals surface area contributed by atoms with E-state index in [0.717, 1.165) is 105 Å². The van der Waals surface area contributed by atoms with Gasteiger partial charge in [-0.25, -0.2) is 0 Å². The number of benzene rings is 2. The number of aromatic nitrogens is 2. The normalized spacial score (nSPS) is 43.1. The van der Waals surface area contributed by atoms with Gasteiger partial charge >= 0.3 is 0 Å². The summed E-state index contributed by atoms with van der Waals surface area (Å²) in [4.78, 5) is 29.8. The van der Waals surface area contributed by atoms with Gasteiger partial charge in [-0.15, -0.1) is 0 Å². The third-order valence-corrected chi connectivity index (χ3v) is 33.4. The lowest BCUT2D eigenvalue weighted by Gasteiger charge is -2.69. The van der Waals surface area contributed by atoms with Crippen LogP contribution in [0.5, 0.6) is 0 Å². The van der Waals surface area contributed by atoms with Crippen LogP contribution in [0.1, 0.15) is 314 Å². The molecule has 6 aliphatic heterocycles. The van der Waals surface area contributed by atoms with Gasteiger partial charge in [0.15, 0.2) is 11.6 Å². The average molecular weight is 1320 g/mol. The molecule has 8 heterocycles. The Hall–Kier alpha value is -4.42. The highest BCUT2D eigenvalue weighted by Gasteiger charge is 2.76. The van der Waals surface area contributed by atoms with Gasteiger partial charge in [0.25, 0.3) is 0 Å². The maximum Gasteiger partial charge on any atom is 0.192 e. The fourth-order valence-electron chi connectivity index (χ4n) is 28.0. The van der Waals surface area contributed by atoms with Crippen molar-refractivity contribution in [1.29, 1.82) is 0 Å². The number of aliphatic hydroxyl groups is 2. The minimum absolute atomic E-state index is 0.0121. The van der Waals surface area contributed by atoms with Crippen LogP contribution in [0.15, 0.2) is 48.6 Å². The summed E-state index contributed by atoms with van der Waals surface area (Å²) in [5, 5.41) is 26.9. The number of fused-ring (bicyclic) bond motifs is 26. The maximum absolute atomic E-state index is 14.9. The molecule has 18 rings (SSSR count). The smallest absolute Gasteiger partial charge is 0.192 e. The Morgan fingerprint density at radius 3 is 1.36 bits per heavy atom. The SMILES string of the molecule is C=C(C)C1C(=O)c2c3c(cc4c5c(n1c24)C1(C)C(CCC2C1(C)CCC1OC(C)(C)C(C)(C)C12C)C5)C1=CC(C)(C)OC(C)(C)C1C3O.C=C(C)C1C(=O)c2c3c(cc4c5c(n1c24)C1(C)C(CCC2C4(C)CC(C)(C)C(C)(C)OC4CCC21C)C5)C1=CC(C)(C)OC(C)(C)C1C3O. The number of ketones is 2. The van der Waals surface area contributed by atoms with Crippen LogP contribution in [0.2, 0.25) is 0 Å². The molecule has 4 aromatic rings. The third-order valence-electron chi connectivity index (χ3n) is 33.4. The molecule has 14 aliphatic rings. The lowest BCUT2D eigenvalue weighted by atomic mass is 9.37. The van der Waals surface area contributed by atoms with Crippen LogP contribution in [-0.2, 0) is 42.6 Å². The Morgan fingerprint density at radius 1 is 0.526 bits per heavy atom. The minimum atomic E-state index is -0.800. The molecule has 522 valence electrons. The first-order valence-corrected chi connectivity index (χ1v) is 38.0. The van der Waals surface area contributed by atoms with Crippen LogP contribution >= 0.6 is 0 Å². The number of rotatable bonds is 2. The van der Waals surface area contributed by atoms with Gasteiger partial charge in [-0.3, -0.25) is 9.59 Å². The predicted octanol–water partition coefficient (Wildman–Crippen LogP) is 19.3. The van der Waals surface area contributed by atoms with Crippen molar-refractivity contribution in [3.05, 3.63) is 104 Å². The van der Waals surface area contributed by atoms with E-state index in [2.05, 4.69) is 199 Å². The summed E-state index contributed by atoms with van der Waals surface area (Å²) in [5.41, 5.74) is 14.7. The van der Waals surface area contributed by atoms with Crippen molar-refractivity contribution < 1.29 is 38.7 Å². The predicted molar refractivity (Wildman–Crippen MR) is 387 cm³/mol. The summed E-state index contributed by atoms with van der Waals surface area (Å²) in [6.45, 7) is 64.3. The Morgan fingerprint density at radius 2 is 0.928 bits per heavy atom. The second-order valence-electron chi connectivity index (χ2n) is 40.6. The van der Waals surface area contributed by atoms with E-state index < -0.39 is 46.7 Å². The number of aliphatic hydroxyl groups excluding tert-OH is 2. The molecular weight excluding hydrogens is 1200 g/mol. The van der Waals surface area contributed by atoms with Crippen molar-refractivity contribution >= 4 is 44.5 Å². The molecule has 2 saturated heterocycles. The summed E-state index contributed by atoms with van der Waals surface area (Å²) in [6, 6.07) is 3.86. The highest BCUT2D eigenvalue weighted by atomic mass is 16.5. The van der Waals surface area contributed by atoms with Crippen LogP contribution in [0.3, 0.4) is 0 Å². The van der Waals surface area contributed by atoms with E-state index in [4.69, 9.17) is 18.9 Å². The molecule has 0 bridgehead atoms. The zero-order valence-electron chi connectivity index (χ0n) is 63.7. The molecule has 10 heteroatoms. The molecule has 2 aromatic heterocycles. The number of nitrogens with zero attached hydrogens (tertiary/aromatic N) is 2. The van der Waals surface area contributed by atoms with E-state index in [1.807, 2.05) is 13.8 Å². The van der Waals surface area contributed by atoms with Crippen molar-refractivity contribution in [3.63, 3.8) is 0 Å². The number of carbonyl (C=O) groups excluding carboxylic acids is 2. The molecule has 10 nitrogen and oxygen atoms in total. The molecule has 0 spiro atoms. The van der Waals surface area contributed by atoms with Gasteiger partial charge in [0.1, 0.15) is 12.1 Å². The topological polar surface area (TPSA) is 121 Å². The number of carbonyl (C=O) groups is 2. The Bertz CT molecular complexity index is 4410. The number of ether oxygens (including phenoxy) is 4. The van der Waals surface area contributed by atoms with Gasteiger partial charge in [0, 0.05) is 66.8 Å². The lowest BCUT2D eigenvalue weighted by molar-refractivity contribution is -0.283. The summed E-state index contributed by atoms with van der Waals surface area (Å²) in [7, 11) is 0. The van der Waals surface area contributed by atoms with Crippen molar-refractivity contribution in [2.24, 2.45) is 68.0 Å². The molecule has 0 radical (unpaired) electrons. The monoisotopic (exact) mass is 1320 g/mol. The second kappa shape index (κ2) is 18.7. The zero-order valence-corrected chi connectivity index (χ0v) is 63.7. The van der Waals surface area contributed by atoms with Gasteiger partial charge < -0.3 is 38.3 Å². The quantitative estimate of drug-likeness (QED) is 0.190. The van der Waals surface area contributed by atoms with Gasteiger partial charge in [-0.05, 0) is 271 Å². The average Bonchev–Trinajstić information content (AvgIpc) is 1.52. The maximum atomic E-state index is 14.9. The highest BCUT2D eigenvalue weighted by molar-refractivity contribution is 6.20. The molecule has 0 amide bonds. The number of hydrogen-bond acceptors (Lipinski definition) is 8. The van der Waals surface area contributed by atoms with Crippen molar-refractivity contribution in [3.8, 4) is 0 Å². The number of hydrogen-bond donors (Lipinski definition) is 2. The summed E-state index contributed by atoms with van der Waals surface area (Å²) in [5.74, 6) is 1.83. The molecule has 4 saturated carbocycles. The fourth-order valence-corrected chi connectivity index (χ4v) is 28.0. The molecule has 18 atom stereocenters. The number of allylic oxidation sites excluding steroid dienone is 2. The van der Waals surface area contributed by atoms with Gasteiger partial charge in [-0.2, -0.15) is 0 Å². The van der Waals surface area contributed by atoms with Crippen molar-refractivity contribution in [2.45, 2.75) is 318 Å². The van der Waals surface area contributed by atoms with Crippen LogP contribution < -0.4 is 0 Å². The Labute approximate surface area is 579 Å². The van der Waals surface area contributed by atoms with Gasteiger partial charge in [0.2, 0.25) is 0 Å². The minimum Gasteiger partial charge on any atom is -0.388 e. The first kappa shape index (κ1) is 65.9.